The summed E-state index contributed by atoms with van der Waals surface area (Å²) in [4.78, 5) is 15.2. The maximum atomic E-state index is 11.1. The van der Waals surface area contributed by atoms with Gasteiger partial charge in [-0.25, -0.2) is 4.98 Å². The second kappa shape index (κ2) is 4.82. The average Bonchev–Trinajstić information content (AvgIpc) is 3.25. The van der Waals surface area contributed by atoms with E-state index in [2.05, 4.69) is 10.1 Å². The van der Waals surface area contributed by atoms with Gasteiger partial charge in [-0.05, 0) is 19.1 Å². The number of thioether (sulfide) groups is 1. The third kappa shape index (κ3) is 1.96. The predicted octanol–water partition coefficient (Wildman–Crippen LogP) is 4.54. The van der Waals surface area contributed by atoms with Gasteiger partial charge in [0.2, 0.25) is 0 Å². The third-order valence-corrected chi connectivity index (χ3v) is 4.78. The van der Waals surface area contributed by atoms with Crippen molar-refractivity contribution in [1.29, 1.82) is 0 Å². The highest BCUT2D eigenvalue weighted by atomic mass is 35.5. The smallest absolute Gasteiger partial charge is 0.271 e. The minimum Gasteiger partial charge on any atom is -0.355 e. The first-order valence-electron chi connectivity index (χ1n) is 6.71. The lowest BCUT2D eigenvalue weighted by Gasteiger charge is -2.05. The number of non-ortho nitro benzene ring substituents is 1. The normalized spacial score (nSPS) is 14.8. The molecule has 0 amide bonds. The Kier molecular flexibility index (Phi) is 3.02. The molecule has 3 aromatic rings. The minimum atomic E-state index is -0.474. The zero-order chi connectivity index (χ0) is 15.4. The van der Waals surface area contributed by atoms with Crippen molar-refractivity contribution in [2.45, 2.75) is 23.8 Å². The maximum absolute atomic E-state index is 11.1. The van der Waals surface area contributed by atoms with Gasteiger partial charge in [0.1, 0.15) is 5.03 Å². The van der Waals surface area contributed by atoms with Crippen molar-refractivity contribution >= 4 is 50.9 Å². The summed E-state index contributed by atoms with van der Waals surface area (Å²) >= 11 is 7.67. The quantitative estimate of drug-likeness (QED) is 0.397. The van der Waals surface area contributed by atoms with Crippen LogP contribution in [0.15, 0.2) is 21.7 Å². The topological polar surface area (TPSA) is 82.1 Å². The van der Waals surface area contributed by atoms with E-state index in [9.17, 15) is 10.1 Å². The van der Waals surface area contributed by atoms with Crippen molar-refractivity contribution in [3.8, 4) is 0 Å². The van der Waals surface area contributed by atoms with Crippen LogP contribution in [0.4, 0.5) is 5.69 Å². The Morgan fingerprint density at radius 2 is 2.23 bits per heavy atom. The van der Waals surface area contributed by atoms with Gasteiger partial charge in [0.25, 0.3) is 5.69 Å². The highest BCUT2D eigenvalue weighted by Gasteiger charge is 2.31. The van der Waals surface area contributed by atoms with Crippen LogP contribution in [0.3, 0.4) is 0 Å². The van der Waals surface area contributed by atoms with Crippen LogP contribution < -0.4 is 0 Å². The fraction of sp³-hybridized carbons (Fsp3) is 0.286. The summed E-state index contributed by atoms with van der Waals surface area (Å²) in [5.74, 6) is 0.403. The maximum Gasteiger partial charge on any atom is 0.271 e. The summed E-state index contributed by atoms with van der Waals surface area (Å²) in [5, 5.41) is 17.7. The van der Waals surface area contributed by atoms with E-state index < -0.39 is 4.92 Å². The molecule has 22 heavy (non-hydrogen) atoms. The first kappa shape index (κ1) is 13.8. The second-order valence-corrected chi connectivity index (χ2v) is 6.45. The first-order valence-corrected chi connectivity index (χ1v) is 8.31. The highest BCUT2D eigenvalue weighted by molar-refractivity contribution is 7.98. The Balaban J connectivity index is 2.14. The van der Waals surface area contributed by atoms with Crippen LogP contribution in [0.2, 0.25) is 5.02 Å². The standard InChI is InChI=1S/C14H10ClN3O3S/c1-22-14-10-11(6-2-3-6)17-21-13(10)8-4-7(18(19)20)5-9(15)12(8)16-14/h4-6H,2-3H2,1H3. The van der Waals surface area contributed by atoms with Crippen LogP contribution in [0, 0.1) is 10.1 Å². The van der Waals surface area contributed by atoms with E-state index in [1.54, 1.807) is 0 Å². The first-order chi connectivity index (χ1) is 10.6. The monoisotopic (exact) mass is 335 g/mol. The summed E-state index contributed by atoms with van der Waals surface area (Å²) in [5.41, 5.74) is 1.85. The molecule has 0 saturated heterocycles. The van der Waals surface area contributed by atoms with Crippen molar-refractivity contribution < 1.29 is 9.45 Å². The SMILES string of the molecule is CSc1nc2c(Cl)cc([N+](=O)[O-])cc2c2onc(C3CC3)c12. The zero-order valence-corrected chi connectivity index (χ0v) is 13.1. The van der Waals surface area contributed by atoms with Crippen molar-refractivity contribution in [3.05, 3.63) is 33.0 Å². The Bertz CT molecular complexity index is 936. The Morgan fingerprint density at radius 3 is 2.86 bits per heavy atom. The summed E-state index contributed by atoms with van der Waals surface area (Å²) in [7, 11) is 0. The van der Waals surface area contributed by atoms with Gasteiger partial charge in [0, 0.05) is 18.1 Å². The Morgan fingerprint density at radius 1 is 1.45 bits per heavy atom. The molecule has 0 unspecified atom stereocenters. The summed E-state index contributed by atoms with van der Waals surface area (Å²) in [6, 6.07) is 2.76. The van der Waals surface area contributed by atoms with Gasteiger partial charge in [0.05, 0.1) is 31.9 Å². The molecule has 112 valence electrons. The number of fused-ring (bicyclic) bond motifs is 3. The van der Waals surface area contributed by atoms with Gasteiger partial charge < -0.3 is 4.52 Å². The molecule has 0 atom stereocenters. The van der Waals surface area contributed by atoms with Crippen molar-refractivity contribution in [3.63, 3.8) is 0 Å². The molecule has 1 aromatic carbocycles. The molecule has 8 heteroatoms. The number of nitro groups is 1. The van der Waals surface area contributed by atoms with Crippen molar-refractivity contribution in [2.24, 2.45) is 0 Å². The van der Waals surface area contributed by atoms with Crippen LogP contribution in [-0.2, 0) is 0 Å². The molecule has 0 bridgehead atoms. The Labute approximate surface area is 134 Å². The number of aromatic nitrogens is 2. The molecule has 6 nitrogen and oxygen atoms in total. The van der Waals surface area contributed by atoms with Gasteiger partial charge in [-0.15, -0.1) is 11.8 Å². The van der Waals surface area contributed by atoms with Gasteiger partial charge in [-0.2, -0.15) is 0 Å². The van der Waals surface area contributed by atoms with Crippen LogP contribution in [0.25, 0.3) is 21.9 Å². The Hall–Kier alpha value is -1.86. The van der Waals surface area contributed by atoms with E-state index in [0.717, 1.165) is 28.9 Å². The molecule has 1 aliphatic carbocycles. The molecule has 1 saturated carbocycles. The number of nitro benzene ring substituents is 1. The summed E-state index contributed by atoms with van der Waals surface area (Å²) < 4.78 is 5.51. The number of pyridine rings is 1. The van der Waals surface area contributed by atoms with Crippen molar-refractivity contribution in [2.75, 3.05) is 6.26 Å². The number of hydrogen-bond acceptors (Lipinski definition) is 6. The lowest BCUT2D eigenvalue weighted by molar-refractivity contribution is -0.384. The van der Waals surface area contributed by atoms with E-state index in [4.69, 9.17) is 16.1 Å². The third-order valence-electron chi connectivity index (χ3n) is 3.81. The van der Waals surface area contributed by atoms with E-state index in [1.165, 1.54) is 23.9 Å². The van der Waals surface area contributed by atoms with E-state index in [-0.39, 0.29) is 10.7 Å². The predicted molar refractivity (Wildman–Crippen MR) is 84.7 cm³/mol. The fourth-order valence-corrected chi connectivity index (χ4v) is 3.45. The molecule has 0 N–H and O–H groups in total. The molecule has 0 aliphatic heterocycles. The molecule has 1 aliphatic rings. The summed E-state index contributed by atoms with van der Waals surface area (Å²) in [6.07, 6.45) is 4.10. The number of halogens is 1. The van der Waals surface area contributed by atoms with Gasteiger partial charge >= 0.3 is 0 Å². The molecule has 2 heterocycles. The second-order valence-electron chi connectivity index (χ2n) is 5.25. The molecule has 0 spiro atoms. The number of benzene rings is 1. The van der Waals surface area contributed by atoms with E-state index in [1.807, 2.05) is 6.26 Å². The lowest BCUT2D eigenvalue weighted by atomic mass is 10.1. The van der Waals surface area contributed by atoms with Gasteiger partial charge in [0.15, 0.2) is 5.58 Å². The van der Waals surface area contributed by atoms with Crippen LogP contribution >= 0.6 is 23.4 Å². The van der Waals surface area contributed by atoms with Crippen LogP contribution in [-0.4, -0.2) is 21.3 Å². The van der Waals surface area contributed by atoms with E-state index >= 15 is 0 Å². The highest BCUT2D eigenvalue weighted by Crippen LogP contribution is 2.46. The van der Waals surface area contributed by atoms with E-state index in [0.29, 0.717) is 22.4 Å². The number of rotatable bonds is 3. The molecule has 2 aromatic heterocycles. The van der Waals surface area contributed by atoms with Crippen LogP contribution in [0.5, 0.6) is 0 Å². The van der Waals surface area contributed by atoms with Gasteiger partial charge in [-0.1, -0.05) is 16.8 Å². The largest absolute Gasteiger partial charge is 0.355 e. The van der Waals surface area contributed by atoms with Crippen LogP contribution in [0.1, 0.15) is 24.5 Å². The van der Waals surface area contributed by atoms with Gasteiger partial charge in [-0.3, -0.25) is 10.1 Å². The fourth-order valence-electron chi connectivity index (χ4n) is 2.61. The lowest BCUT2D eigenvalue weighted by Crippen LogP contribution is -1.92. The molecule has 0 radical (unpaired) electrons. The molecule has 4 rings (SSSR count). The summed E-state index contributed by atoms with van der Waals surface area (Å²) in [6.45, 7) is 0. The average molecular weight is 336 g/mol. The molecule has 1 fully saturated rings. The van der Waals surface area contributed by atoms with Crippen molar-refractivity contribution in [1.82, 2.24) is 10.1 Å². The number of hydrogen-bond donors (Lipinski definition) is 0. The molecular formula is C14H10ClN3O3S. The zero-order valence-electron chi connectivity index (χ0n) is 11.5. The minimum absolute atomic E-state index is 0.0816. The molecular weight excluding hydrogens is 326 g/mol. The number of nitrogens with zero attached hydrogens (tertiary/aromatic N) is 3.